The fraction of sp³-hybridized carbons (Fsp3) is 0.400. The highest BCUT2D eigenvalue weighted by molar-refractivity contribution is 8.67. The molecule has 1 saturated heterocycles. The van der Waals surface area contributed by atoms with E-state index in [0.717, 1.165) is 19.6 Å². The number of carbonyl (C=O) groups excluding carboxylic acids is 1. The number of nitrogens with one attached hydrogen (secondary N) is 1. The van der Waals surface area contributed by atoms with Crippen LogP contribution in [0, 0.1) is 0 Å². The number of carbonyl (C=O) groups is 1. The van der Waals surface area contributed by atoms with E-state index in [2.05, 4.69) is 52.9 Å². The highest BCUT2D eigenvalue weighted by Crippen LogP contribution is 2.27. The first-order chi connectivity index (χ1) is 10.2. The first kappa shape index (κ1) is 14.8. The second kappa shape index (κ2) is 6.34. The molecule has 1 aliphatic heterocycles. The Labute approximate surface area is 133 Å². The molecule has 1 unspecified atom stereocenters. The lowest BCUT2D eigenvalue weighted by Crippen LogP contribution is -2.47. The second-order valence-corrected chi connectivity index (χ2v) is 6.60. The maximum Gasteiger partial charge on any atom is 0.247 e. The largest absolute Gasteiger partial charge is 0.361 e. The number of H-pyrrole nitrogens is 1. The zero-order valence-corrected chi connectivity index (χ0v) is 13.7. The lowest BCUT2D eigenvalue weighted by atomic mass is 9.99. The van der Waals surface area contributed by atoms with Gasteiger partial charge < -0.3 is 4.98 Å². The minimum absolute atomic E-state index is 0.146. The SMILES string of the molecule is CC(CN1CCN(SS)C(=O)C1)c1c[nH]c2ccccc12. The first-order valence-corrected chi connectivity index (χ1v) is 8.92. The molecule has 0 aliphatic carbocycles. The van der Waals surface area contributed by atoms with Crippen LogP contribution in [0.4, 0.5) is 0 Å². The Bertz CT molecular complexity index is 643. The van der Waals surface area contributed by atoms with Crippen molar-refractivity contribution in [1.82, 2.24) is 14.2 Å². The number of nitrogens with zero attached hydrogens (tertiary/aromatic N) is 2. The number of aromatic amines is 1. The van der Waals surface area contributed by atoms with Gasteiger partial charge in [-0.05, 0) is 17.5 Å². The molecular formula is C15H19N3OS2. The standard InChI is InChI=1S/C15H19N3OS2/c1-11(9-17-6-7-18(21-20)15(19)10-17)13-8-16-14-5-3-2-4-12(13)14/h2-5,8,11,16,20H,6-7,9-10H2,1H3. The summed E-state index contributed by atoms with van der Waals surface area (Å²) in [5.74, 6) is 0.538. The molecule has 2 aromatic rings. The summed E-state index contributed by atoms with van der Waals surface area (Å²) in [6.45, 7) is 5.26. The van der Waals surface area contributed by atoms with E-state index in [0.29, 0.717) is 12.5 Å². The van der Waals surface area contributed by atoms with Crippen molar-refractivity contribution in [3.05, 3.63) is 36.0 Å². The Morgan fingerprint density at radius 2 is 2.19 bits per heavy atom. The molecule has 0 spiro atoms. The molecule has 1 aromatic carbocycles. The van der Waals surface area contributed by atoms with Gasteiger partial charge in [0.15, 0.2) is 0 Å². The molecule has 112 valence electrons. The van der Waals surface area contributed by atoms with Gasteiger partial charge in [0.05, 0.1) is 6.54 Å². The van der Waals surface area contributed by atoms with Crippen LogP contribution in [-0.4, -0.2) is 46.3 Å². The topological polar surface area (TPSA) is 39.3 Å². The summed E-state index contributed by atoms with van der Waals surface area (Å²) in [5, 5.41) is 1.28. The van der Waals surface area contributed by atoms with Gasteiger partial charge in [-0.1, -0.05) is 36.8 Å². The van der Waals surface area contributed by atoms with Gasteiger partial charge in [-0.15, -0.1) is 0 Å². The van der Waals surface area contributed by atoms with Crippen molar-refractivity contribution in [2.75, 3.05) is 26.2 Å². The predicted molar refractivity (Wildman–Crippen MR) is 91.4 cm³/mol. The molecule has 1 N–H and O–H groups in total. The number of hydrogen-bond donors (Lipinski definition) is 2. The Hall–Kier alpha value is -1.11. The summed E-state index contributed by atoms with van der Waals surface area (Å²) in [6, 6.07) is 8.36. The summed E-state index contributed by atoms with van der Waals surface area (Å²) >= 11 is 4.11. The number of fused-ring (bicyclic) bond motifs is 1. The van der Waals surface area contributed by atoms with E-state index in [4.69, 9.17) is 0 Å². The third-order valence-corrected chi connectivity index (χ3v) is 5.21. The van der Waals surface area contributed by atoms with Gasteiger partial charge in [0.25, 0.3) is 0 Å². The van der Waals surface area contributed by atoms with E-state index < -0.39 is 0 Å². The quantitative estimate of drug-likeness (QED) is 0.517. The molecule has 6 heteroatoms. The molecule has 3 rings (SSSR count). The summed E-state index contributed by atoms with van der Waals surface area (Å²) in [6.07, 6.45) is 2.09. The summed E-state index contributed by atoms with van der Waals surface area (Å²) in [7, 11) is 1.22. The van der Waals surface area contributed by atoms with Crippen LogP contribution in [-0.2, 0) is 4.79 Å². The number of amides is 1. The molecular weight excluding hydrogens is 302 g/mol. The first-order valence-electron chi connectivity index (χ1n) is 7.09. The zero-order chi connectivity index (χ0) is 14.8. The average molecular weight is 321 g/mol. The van der Waals surface area contributed by atoms with Crippen LogP contribution in [0.3, 0.4) is 0 Å². The molecule has 1 aromatic heterocycles. The maximum absolute atomic E-state index is 11.9. The zero-order valence-electron chi connectivity index (χ0n) is 12.0. The number of hydrogen-bond acceptors (Lipinski definition) is 4. The molecule has 21 heavy (non-hydrogen) atoms. The van der Waals surface area contributed by atoms with E-state index >= 15 is 0 Å². The lowest BCUT2D eigenvalue weighted by molar-refractivity contribution is -0.129. The van der Waals surface area contributed by atoms with Crippen LogP contribution in [0.15, 0.2) is 30.5 Å². The van der Waals surface area contributed by atoms with Crippen LogP contribution >= 0.6 is 22.6 Å². The fourth-order valence-electron chi connectivity index (χ4n) is 2.94. The number of thiol groups is 1. The van der Waals surface area contributed by atoms with Gasteiger partial charge in [-0.25, -0.2) is 0 Å². The van der Waals surface area contributed by atoms with Crippen LogP contribution < -0.4 is 0 Å². The number of benzene rings is 1. The molecule has 2 heterocycles. The molecule has 1 atom stereocenters. The van der Waals surface area contributed by atoms with Crippen molar-refractivity contribution >= 4 is 39.5 Å². The summed E-state index contributed by atoms with van der Waals surface area (Å²) < 4.78 is 1.72. The monoisotopic (exact) mass is 321 g/mol. The highest BCUT2D eigenvalue weighted by atomic mass is 33.1. The van der Waals surface area contributed by atoms with Crippen molar-refractivity contribution in [3.8, 4) is 0 Å². The maximum atomic E-state index is 11.9. The van der Waals surface area contributed by atoms with E-state index in [9.17, 15) is 4.79 Å². The molecule has 0 bridgehead atoms. The number of aromatic nitrogens is 1. The van der Waals surface area contributed by atoms with Gasteiger partial charge >= 0.3 is 0 Å². The molecule has 1 fully saturated rings. The normalized spacial score (nSPS) is 18.4. The molecule has 4 nitrogen and oxygen atoms in total. The summed E-state index contributed by atoms with van der Waals surface area (Å²) in [4.78, 5) is 17.5. The van der Waals surface area contributed by atoms with E-state index in [1.54, 1.807) is 4.31 Å². The molecule has 1 amide bonds. The molecule has 1 aliphatic rings. The van der Waals surface area contributed by atoms with Crippen molar-refractivity contribution < 1.29 is 4.79 Å². The predicted octanol–water partition coefficient (Wildman–Crippen LogP) is 2.91. The van der Waals surface area contributed by atoms with Crippen molar-refractivity contribution in [1.29, 1.82) is 0 Å². The Morgan fingerprint density at radius 3 is 2.95 bits per heavy atom. The second-order valence-electron chi connectivity index (χ2n) is 5.50. The lowest BCUT2D eigenvalue weighted by Gasteiger charge is -2.33. The van der Waals surface area contributed by atoms with Crippen LogP contribution in [0.5, 0.6) is 0 Å². The fourth-order valence-corrected chi connectivity index (χ4v) is 3.77. The third-order valence-electron chi connectivity index (χ3n) is 4.04. The number of para-hydroxylation sites is 1. The molecule has 0 saturated carbocycles. The van der Waals surface area contributed by atoms with Crippen LogP contribution in [0.2, 0.25) is 0 Å². The van der Waals surface area contributed by atoms with Gasteiger partial charge in [-0.2, -0.15) is 0 Å². The summed E-state index contributed by atoms with van der Waals surface area (Å²) in [5.41, 5.74) is 2.50. The van der Waals surface area contributed by atoms with E-state index in [1.807, 2.05) is 6.07 Å². The van der Waals surface area contributed by atoms with Crippen molar-refractivity contribution in [2.24, 2.45) is 0 Å². The van der Waals surface area contributed by atoms with Gasteiger partial charge in [0.2, 0.25) is 5.91 Å². The minimum Gasteiger partial charge on any atom is -0.361 e. The number of piperazine rings is 1. The third kappa shape index (κ3) is 3.07. The van der Waals surface area contributed by atoms with Crippen LogP contribution in [0.1, 0.15) is 18.4 Å². The van der Waals surface area contributed by atoms with Gasteiger partial charge in [-0.3, -0.25) is 14.0 Å². The van der Waals surface area contributed by atoms with Crippen molar-refractivity contribution in [2.45, 2.75) is 12.8 Å². The Morgan fingerprint density at radius 1 is 1.38 bits per heavy atom. The smallest absolute Gasteiger partial charge is 0.247 e. The van der Waals surface area contributed by atoms with Gasteiger partial charge in [0.1, 0.15) is 0 Å². The minimum atomic E-state index is 0.146. The van der Waals surface area contributed by atoms with Gasteiger partial charge in [0, 0.05) is 47.7 Å². The average Bonchev–Trinajstić information content (AvgIpc) is 2.91. The Balaban J connectivity index is 1.69. The van der Waals surface area contributed by atoms with Crippen LogP contribution in [0.25, 0.3) is 10.9 Å². The molecule has 0 radical (unpaired) electrons. The van der Waals surface area contributed by atoms with E-state index in [1.165, 1.54) is 27.4 Å². The van der Waals surface area contributed by atoms with Crippen molar-refractivity contribution in [3.63, 3.8) is 0 Å². The van der Waals surface area contributed by atoms with E-state index in [-0.39, 0.29) is 5.91 Å². The number of rotatable bonds is 4. The highest BCUT2D eigenvalue weighted by Gasteiger charge is 2.25. The Kier molecular flexibility index (Phi) is 4.47.